The number of ether oxygens (including phenoxy) is 1. The first-order valence-corrected chi connectivity index (χ1v) is 11.8. The van der Waals surface area contributed by atoms with E-state index in [1.165, 1.54) is 0 Å². The molecule has 0 saturated carbocycles. The predicted octanol–water partition coefficient (Wildman–Crippen LogP) is 4.57. The summed E-state index contributed by atoms with van der Waals surface area (Å²) in [5.41, 5.74) is 2.86. The number of esters is 1. The number of carbonyl (C=O) groups is 3. The standard InChI is InChI=1S/C27H38N4O4/c1-8-35-24(32)17-28-26(34)29-22-14-15-23(30(6)7)21(16-22)18-31(25(33)27(3,4)5)19(2)20-12-10-9-11-13-20/h9-16,19H,8,17-18H2,1-7H3,(H2,28,29,34). The van der Waals surface area contributed by atoms with Crippen molar-refractivity contribution in [2.24, 2.45) is 5.41 Å². The minimum atomic E-state index is -0.565. The summed E-state index contributed by atoms with van der Waals surface area (Å²) in [7, 11) is 3.88. The Morgan fingerprint density at radius 3 is 2.26 bits per heavy atom. The number of urea groups is 1. The van der Waals surface area contributed by atoms with Gasteiger partial charge in [0, 0.05) is 37.4 Å². The number of anilines is 2. The average Bonchev–Trinajstić information content (AvgIpc) is 2.80. The molecule has 0 heterocycles. The fourth-order valence-electron chi connectivity index (χ4n) is 3.68. The summed E-state index contributed by atoms with van der Waals surface area (Å²) in [4.78, 5) is 41.2. The van der Waals surface area contributed by atoms with Crippen LogP contribution in [-0.4, -0.2) is 50.1 Å². The lowest BCUT2D eigenvalue weighted by atomic mass is 9.92. The van der Waals surface area contributed by atoms with Gasteiger partial charge in [-0.1, -0.05) is 51.1 Å². The first-order valence-electron chi connectivity index (χ1n) is 11.8. The summed E-state index contributed by atoms with van der Waals surface area (Å²) in [6.45, 7) is 9.88. The molecule has 35 heavy (non-hydrogen) atoms. The van der Waals surface area contributed by atoms with Gasteiger partial charge in [-0.3, -0.25) is 9.59 Å². The average molecular weight is 483 g/mol. The second-order valence-corrected chi connectivity index (χ2v) is 9.62. The molecule has 3 amide bonds. The van der Waals surface area contributed by atoms with E-state index in [4.69, 9.17) is 4.74 Å². The van der Waals surface area contributed by atoms with Gasteiger partial charge in [0.2, 0.25) is 5.91 Å². The highest BCUT2D eigenvalue weighted by Gasteiger charge is 2.31. The monoisotopic (exact) mass is 482 g/mol. The fraction of sp³-hybridized carbons (Fsp3) is 0.444. The second-order valence-electron chi connectivity index (χ2n) is 9.62. The first kappa shape index (κ1) is 27.7. The molecule has 1 atom stereocenters. The Balaban J connectivity index is 2.34. The summed E-state index contributed by atoms with van der Waals surface area (Å²) in [6, 6.07) is 14.8. The van der Waals surface area contributed by atoms with Gasteiger partial charge in [-0.2, -0.15) is 0 Å². The van der Waals surface area contributed by atoms with Gasteiger partial charge in [0.05, 0.1) is 12.6 Å². The normalized spacial score (nSPS) is 11.9. The van der Waals surface area contributed by atoms with Crippen LogP contribution in [0.15, 0.2) is 48.5 Å². The fourth-order valence-corrected chi connectivity index (χ4v) is 3.68. The van der Waals surface area contributed by atoms with Crippen LogP contribution in [0.1, 0.15) is 51.8 Å². The van der Waals surface area contributed by atoms with Crippen molar-refractivity contribution in [2.75, 3.05) is 37.5 Å². The minimum absolute atomic E-state index is 0.0316. The van der Waals surface area contributed by atoms with Crippen LogP contribution in [0.25, 0.3) is 0 Å². The molecule has 2 aromatic carbocycles. The van der Waals surface area contributed by atoms with Crippen molar-refractivity contribution >= 4 is 29.3 Å². The highest BCUT2D eigenvalue weighted by atomic mass is 16.5. The van der Waals surface area contributed by atoms with Gasteiger partial charge in [-0.25, -0.2) is 4.79 Å². The van der Waals surface area contributed by atoms with E-state index in [9.17, 15) is 14.4 Å². The van der Waals surface area contributed by atoms with E-state index in [0.29, 0.717) is 12.2 Å². The Bertz CT molecular complexity index is 1020. The van der Waals surface area contributed by atoms with Crippen LogP contribution in [0.4, 0.5) is 16.2 Å². The lowest BCUT2D eigenvalue weighted by molar-refractivity contribution is -0.143. The van der Waals surface area contributed by atoms with Gasteiger partial charge in [-0.05, 0) is 43.2 Å². The predicted molar refractivity (Wildman–Crippen MR) is 139 cm³/mol. The van der Waals surface area contributed by atoms with Crippen LogP contribution in [0, 0.1) is 5.41 Å². The maximum atomic E-state index is 13.5. The zero-order valence-corrected chi connectivity index (χ0v) is 21.8. The van der Waals surface area contributed by atoms with Crippen LogP contribution in [-0.2, 0) is 20.9 Å². The Morgan fingerprint density at radius 2 is 1.69 bits per heavy atom. The number of hydrogen-bond donors (Lipinski definition) is 2. The number of hydrogen-bond acceptors (Lipinski definition) is 5. The quantitative estimate of drug-likeness (QED) is 0.511. The molecule has 8 heteroatoms. The van der Waals surface area contributed by atoms with Crippen molar-refractivity contribution in [1.82, 2.24) is 10.2 Å². The highest BCUT2D eigenvalue weighted by molar-refractivity contribution is 5.92. The molecule has 2 rings (SSSR count). The van der Waals surface area contributed by atoms with Crippen LogP contribution < -0.4 is 15.5 Å². The number of benzene rings is 2. The van der Waals surface area contributed by atoms with E-state index in [-0.39, 0.29) is 25.1 Å². The van der Waals surface area contributed by atoms with Gasteiger partial charge in [0.25, 0.3) is 0 Å². The van der Waals surface area contributed by atoms with Crippen molar-refractivity contribution in [2.45, 2.75) is 47.2 Å². The highest BCUT2D eigenvalue weighted by Crippen LogP contribution is 2.32. The molecule has 2 N–H and O–H groups in total. The Kier molecular flexibility index (Phi) is 9.68. The van der Waals surface area contributed by atoms with Crippen LogP contribution in [0.5, 0.6) is 0 Å². The van der Waals surface area contributed by atoms with Crippen LogP contribution >= 0.6 is 0 Å². The van der Waals surface area contributed by atoms with E-state index in [1.54, 1.807) is 13.0 Å². The van der Waals surface area contributed by atoms with Crippen molar-refractivity contribution in [3.05, 3.63) is 59.7 Å². The van der Waals surface area contributed by atoms with E-state index in [2.05, 4.69) is 10.6 Å². The third kappa shape index (κ3) is 8.02. The van der Waals surface area contributed by atoms with Gasteiger partial charge >= 0.3 is 12.0 Å². The molecular weight excluding hydrogens is 444 g/mol. The number of nitrogens with one attached hydrogen (secondary N) is 2. The van der Waals surface area contributed by atoms with Gasteiger partial charge in [0.1, 0.15) is 6.54 Å². The van der Waals surface area contributed by atoms with E-state index in [1.807, 2.05) is 94.1 Å². The lowest BCUT2D eigenvalue weighted by Gasteiger charge is -2.35. The molecule has 0 saturated heterocycles. The largest absolute Gasteiger partial charge is 0.465 e. The number of rotatable bonds is 9. The molecule has 0 aliphatic rings. The second kappa shape index (κ2) is 12.2. The first-order chi connectivity index (χ1) is 16.4. The molecule has 8 nitrogen and oxygen atoms in total. The summed E-state index contributed by atoms with van der Waals surface area (Å²) >= 11 is 0. The smallest absolute Gasteiger partial charge is 0.325 e. The van der Waals surface area contributed by atoms with E-state index >= 15 is 0 Å². The number of amides is 3. The molecular formula is C27H38N4O4. The molecule has 0 aliphatic heterocycles. The van der Waals surface area contributed by atoms with Gasteiger partial charge < -0.3 is 25.2 Å². The number of nitrogens with zero attached hydrogens (tertiary/aromatic N) is 2. The molecule has 0 fully saturated rings. The molecule has 0 aromatic heterocycles. The van der Waals surface area contributed by atoms with Crippen molar-refractivity contribution < 1.29 is 19.1 Å². The minimum Gasteiger partial charge on any atom is -0.465 e. The van der Waals surface area contributed by atoms with Gasteiger partial charge in [-0.15, -0.1) is 0 Å². The molecule has 0 spiro atoms. The maximum Gasteiger partial charge on any atom is 0.325 e. The molecule has 0 bridgehead atoms. The summed E-state index contributed by atoms with van der Waals surface area (Å²) in [6.07, 6.45) is 0. The maximum absolute atomic E-state index is 13.5. The Morgan fingerprint density at radius 1 is 1.03 bits per heavy atom. The molecule has 0 radical (unpaired) electrons. The molecule has 0 aliphatic carbocycles. The zero-order chi connectivity index (χ0) is 26.2. The topological polar surface area (TPSA) is 91.0 Å². The van der Waals surface area contributed by atoms with Crippen molar-refractivity contribution in [3.63, 3.8) is 0 Å². The lowest BCUT2D eigenvalue weighted by Crippen LogP contribution is -2.41. The van der Waals surface area contributed by atoms with Gasteiger partial charge in [0.15, 0.2) is 0 Å². The van der Waals surface area contributed by atoms with Crippen LogP contribution in [0.3, 0.4) is 0 Å². The molecule has 190 valence electrons. The zero-order valence-electron chi connectivity index (χ0n) is 21.8. The summed E-state index contributed by atoms with van der Waals surface area (Å²) in [5, 5.41) is 5.25. The molecule has 2 aromatic rings. The Labute approximate surface area is 208 Å². The third-order valence-corrected chi connectivity index (χ3v) is 5.51. The third-order valence-electron chi connectivity index (χ3n) is 5.51. The van der Waals surface area contributed by atoms with Crippen molar-refractivity contribution in [3.8, 4) is 0 Å². The van der Waals surface area contributed by atoms with E-state index in [0.717, 1.165) is 16.8 Å². The number of carbonyl (C=O) groups excluding carboxylic acids is 3. The SMILES string of the molecule is CCOC(=O)CNC(=O)Nc1ccc(N(C)C)c(CN(C(=O)C(C)(C)C)C(C)c2ccccc2)c1. The summed E-state index contributed by atoms with van der Waals surface area (Å²) in [5.74, 6) is -0.471. The Hall–Kier alpha value is -3.55. The van der Waals surface area contributed by atoms with Crippen LogP contribution in [0.2, 0.25) is 0 Å². The summed E-state index contributed by atoms with van der Waals surface area (Å²) < 4.78 is 4.83. The van der Waals surface area contributed by atoms with E-state index < -0.39 is 17.4 Å². The van der Waals surface area contributed by atoms with Crippen molar-refractivity contribution in [1.29, 1.82) is 0 Å². The molecule has 1 unspecified atom stereocenters.